The van der Waals surface area contributed by atoms with Gasteiger partial charge >= 0.3 is 0 Å². The Morgan fingerprint density at radius 3 is 2.46 bits per heavy atom. The van der Waals surface area contributed by atoms with Crippen LogP contribution in [0.1, 0.15) is 30.1 Å². The SMILES string of the molecule is CCN(c1cc(OC)c(OC)cc1C(=O)NC[C@@H]1CCCO1)S(C)(=O)=O. The summed E-state index contributed by atoms with van der Waals surface area (Å²) < 4.78 is 41.5. The lowest BCUT2D eigenvalue weighted by atomic mass is 10.1. The Morgan fingerprint density at radius 1 is 1.31 bits per heavy atom. The lowest BCUT2D eigenvalue weighted by molar-refractivity contribution is 0.0858. The molecule has 0 aliphatic carbocycles. The fourth-order valence-corrected chi connectivity index (χ4v) is 3.92. The highest BCUT2D eigenvalue weighted by molar-refractivity contribution is 7.92. The molecule has 1 aromatic rings. The van der Waals surface area contributed by atoms with E-state index in [1.807, 2.05) is 0 Å². The van der Waals surface area contributed by atoms with Crippen LogP contribution in [0.25, 0.3) is 0 Å². The van der Waals surface area contributed by atoms with Crippen molar-refractivity contribution in [1.29, 1.82) is 0 Å². The Kier molecular flexibility index (Phi) is 6.71. The number of anilines is 1. The van der Waals surface area contributed by atoms with Crippen LogP contribution in [0.15, 0.2) is 12.1 Å². The predicted octanol–water partition coefficient (Wildman–Crippen LogP) is 1.40. The van der Waals surface area contributed by atoms with Crippen molar-refractivity contribution in [1.82, 2.24) is 5.32 Å². The molecule has 0 aromatic heterocycles. The van der Waals surface area contributed by atoms with Crippen LogP contribution < -0.4 is 19.1 Å². The van der Waals surface area contributed by atoms with Crippen molar-refractivity contribution in [2.45, 2.75) is 25.9 Å². The topological polar surface area (TPSA) is 94.2 Å². The molecule has 9 heteroatoms. The van der Waals surface area contributed by atoms with Gasteiger partial charge in [-0.25, -0.2) is 8.42 Å². The highest BCUT2D eigenvalue weighted by Gasteiger charge is 2.26. The van der Waals surface area contributed by atoms with E-state index in [1.54, 1.807) is 6.92 Å². The van der Waals surface area contributed by atoms with Gasteiger partial charge in [-0.2, -0.15) is 0 Å². The van der Waals surface area contributed by atoms with Crippen molar-refractivity contribution in [3.63, 3.8) is 0 Å². The van der Waals surface area contributed by atoms with Gasteiger partial charge < -0.3 is 19.5 Å². The first-order valence-electron chi connectivity index (χ1n) is 8.45. The van der Waals surface area contributed by atoms with Crippen LogP contribution in [-0.4, -0.2) is 60.6 Å². The molecule has 0 saturated carbocycles. The molecule has 8 nitrogen and oxygen atoms in total. The van der Waals surface area contributed by atoms with Gasteiger partial charge in [0.15, 0.2) is 11.5 Å². The summed E-state index contributed by atoms with van der Waals surface area (Å²) in [6, 6.07) is 3.00. The molecule has 0 unspecified atom stereocenters. The third-order valence-electron chi connectivity index (χ3n) is 4.22. The molecule has 0 radical (unpaired) electrons. The maximum absolute atomic E-state index is 12.8. The maximum Gasteiger partial charge on any atom is 0.253 e. The van der Waals surface area contributed by atoms with Gasteiger partial charge in [-0.3, -0.25) is 9.10 Å². The highest BCUT2D eigenvalue weighted by Crippen LogP contribution is 2.36. The van der Waals surface area contributed by atoms with Crippen LogP contribution in [0, 0.1) is 0 Å². The first kappa shape index (κ1) is 20.3. The number of carbonyl (C=O) groups is 1. The fraction of sp³-hybridized carbons (Fsp3) is 0.588. The fourth-order valence-electron chi connectivity index (χ4n) is 2.95. The maximum atomic E-state index is 12.8. The summed E-state index contributed by atoms with van der Waals surface area (Å²) in [5.74, 6) is 0.307. The molecule has 1 amide bonds. The molecule has 0 bridgehead atoms. The molecule has 26 heavy (non-hydrogen) atoms. The number of amides is 1. The average molecular weight is 386 g/mol. The molecule has 1 atom stereocenters. The molecular weight excluding hydrogens is 360 g/mol. The van der Waals surface area contributed by atoms with E-state index in [2.05, 4.69) is 5.32 Å². The van der Waals surface area contributed by atoms with Crippen LogP contribution in [0.5, 0.6) is 11.5 Å². The molecule has 0 spiro atoms. The summed E-state index contributed by atoms with van der Waals surface area (Å²) in [4.78, 5) is 12.8. The van der Waals surface area contributed by atoms with Gasteiger partial charge in [-0.1, -0.05) is 0 Å². The Morgan fingerprint density at radius 2 is 1.96 bits per heavy atom. The number of nitrogens with zero attached hydrogens (tertiary/aromatic N) is 1. The van der Waals surface area contributed by atoms with Crippen molar-refractivity contribution >= 4 is 21.6 Å². The molecule has 1 heterocycles. The van der Waals surface area contributed by atoms with Gasteiger partial charge in [0.25, 0.3) is 5.91 Å². The molecular formula is C17H26N2O6S. The van der Waals surface area contributed by atoms with Crippen LogP contribution in [0.2, 0.25) is 0 Å². The van der Waals surface area contributed by atoms with Gasteiger partial charge in [0, 0.05) is 25.8 Å². The summed E-state index contributed by atoms with van der Waals surface area (Å²) in [6.07, 6.45) is 2.95. The largest absolute Gasteiger partial charge is 0.493 e. The quantitative estimate of drug-likeness (QED) is 0.726. The Hall–Kier alpha value is -2.00. The van der Waals surface area contributed by atoms with E-state index in [-0.39, 0.29) is 23.9 Å². The number of sulfonamides is 1. The number of carbonyl (C=O) groups excluding carboxylic acids is 1. The first-order valence-corrected chi connectivity index (χ1v) is 10.3. The third kappa shape index (κ3) is 4.59. The molecule has 1 N–H and O–H groups in total. The van der Waals surface area contributed by atoms with Gasteiger partial charge in [0.05, 0.1) is 37.8 Å². The summed E-state index contributed by atoms with van der Waals surface area (Å²) >= 11 is 0. The van der Waals surface area contributed by atoms with E-state index in [4.69, 9.17) is 14.2 Å². The molecule has 1 aliphatic heterocycles. The van der Waals surface area contributed by atoms with Crippen molar-refractivity contribution < 1.29 is 27.4 Å². The molecule has 1 fully saturated rings. The van der Waals surface area contributed by atoms with E-state index in [1.165, 1.54) is 26.4 Å². The third-order valence-corrected chi connectivity index (χ3v) is 5.47. The van der Waals surface area contributed by atoms with E-state index in [9.17, 15) is 13.2 Å². The molecule has 2 rings (SSSR count). The van der Waals surface area contributed by atoms with Gasteiger partial charge in [-0.05, 0) is 25.8 Å². The second-order valence-corrected chi connectivity index (χ2v) is 7.90. The highest BCUT2D eigenvalue weighted by atomic mass is 32.2. The zero-order valence-corrected chi connectivity index (χ0v) is 16.4. The van der Waals surface area contributed by atoms with Crippen molar-refractivity contribution in [2.75, 3.05) is 44.5 Å². The van der Waals surface area contributed by atoms with E-state index in [0.29, 0.717) is 24.7 Å². The normalized spacial score (nSPS) is 17.0. The van der Waals surface area contributed by atoms with E-state index < -0.39 is 15.9 Å². The second kappa shape index (κ2) is 8.59. The number of hydrogen-bond acceptors (Lipinski definition) is 6. The number of nitrogens with one attached hydrogen (secondary N) is 1. The summed E-state index contributed by atoms with van der Waals surface area (Å²) in [7, 11) is -0.655. The molecule has 1 aliphatic rings. The predicted molar refractivity (Wildman–Crippen MR) is 98.7 cm³/mol. The summed E-state index contributed by atoms with van der Waals surface area (Å²) in [6.45, 7) is 2.95. The van der Waals surface area contributed by atoms with Crippen molar-refractivity contribution in [2.24, 2.45) is 0 Å². The number of methoxy groups -OCH3 is 2. The van der Waals surface area contributed by atoms with Crippen molar-refractivity contribution in [3.05, 3.63) is 17.7 Å². The molecule has 1 aromatic carbocycles. The number of ether oxygens (including phenoxy) is 3. The van der Waals surface area contributed by atoms with Gasteiger partial charge in [-0.15, -0.1) is 0 Å². The Bertz CT molecular complexity index is 744. The first-order chi connectivity index (χ1) is 12.3. The van der Waals surface area contributed by atoms with E-state index >= 15 is 0 Å². The molecule has 1 saturated heterocycles. The minimum absolute atomic E-state index is 0.0141. The minimum Gasteiger partial charge on any atom is -0.493 e. The van der Waals surface area contributed by atoms with Crippen LogP contribution >= 0.6 is 0 Å². The molecule has 146 valence electrons. The Balaban J connectivity index is 2.41. The minimum atomic E-state index is -3.57. The van der Waals surface area contributed by atoms with Gasteiger partial charge in [0.2, 0.25) is 10.0 Å². The van der Waals surface area contributed by atoms with Crippen LogP contribution in [-0.2, 0) is 14.8 Å². The summed E-state index contributed by atoms with van der Waals surface area (Å²) in [5.41, 5.74) is 0.449. The Labute approximate surface area is 154 Å². The standard InChI is InChI=1S/C17H26N2O6S/c1-5-19(26(4,21)22)14-10-16(24-3)15(23-2)9-13(14)17(20)18-11-12-7-6-8-25-12/h9-10,12H,5-8,11H2,1-4H3,(H,18,20)/t12-/m0/s1. The smallest absolute Gasteiger partial charge is 0.253 e. The van der Waals surface area contributed by atoms with Crippen LogP contribution in [0.4, 0.5) is 5.69 Å². The second-order valence-electron chi connectivity index (χ2n) is 6.00. The van der Waals surface area contributed by atoms with Crippen LogP contribution in [0.3, 0.4) is 0 Å². The lowest BCUT2D eigenvalue weighted by Crippen LogP contribution is -2.35. The van der Waals surface area contributed by atoms with E-state index in [0.717, 1.165) is 23.4 Å². The monoisotopic (exact) mass is 386 g/mol. The van der Waals surface area contributed by atoms with Gasteiger partial charge in [0.1, 0.15) is 0 Å². The summed E-state index contributed by atoms with van der Waals surface area (Å²) in [5, 5.41) is 2.82. The average Bonchev–Trinajstić information content (AvgIpc) is 3.12. The number of rotatable bonds is 8. The number of benzene rings is 1. The zero-order chi connectivity index (χ0) is 19.3. The zero-order valence-electron chi connectivity index (χ0n) is 15.6. The van der Waals surface area contributed by atoms with Crippen molar-refractivity contribution in [3.8, 4) is 11.5 Å². The lowest BCUT2D eigenvalue weighted by Gasteiger charge is -2.24. The number of hydrogen-bond donors (Lipinski definition) is 1.